The van der Waals surface area contributed by atoms with Crippen LogP contribution in [0, 0.1) is 0 Å². The van der Waals surface area contributed by atoms with Gasteiger partial charge in [-0.25, -0.2) is 0 Å². The summed E-state index contributed by atoms with van der Waals surface area (Å²) in [5.74, 6) is -3.90. The van der Waals surface area contributed by atoms with Crippen LogP contribution >= 0.6 is 0 Å². The highest BCUT2D eigenvalue weighted by Gasteiger charge is 2.32. The summed E-state index contributed by atoms with van der Waals surface area (Å²) in [6.07, 6.45) is 0. The fraction of sp³-hybridized carbons (Fsp3) is 0.0233. The SMILES string of the molecule is COc1ccc(N=Nc2c(S(=O)(=O)O)cc3c(S(=O)(=O)O)c(N=Nc4cc(S(=O)(=O)O)c5cc(S(=O)(=O)O)c(N=Nc6ccc7c(O)c(N=Nc8ccccc8S(=O)(=O)O)c(S(=O)(=O)O)cc7c6)c(O)c5c4N)ccc3c2O)c(S(=O)(=O)O)c1. The number of nitrogens with two attached hydrogens (primary N) is 1. The van der Waals surface area contributed by atoms with E-state index >= 15 is 0 Å². The Morgan fingerprint density at radius 1 is 0.369 bits per heavy atom. The first-order valence-corrected chi connectivity index (χ1v) is 31.8. The summed E-state index contributed by atoms with van der Waals surface area (Å²) in [7, 11) is -36.8. The van der Waals surface area contributed by atoms with E-state index in [1.807, 2.05) is 0 Å². The van der Waals surface area contributed by atoms with Gasteiger partial charge in [0.1, 0.15) is 79.8 Å². The Morgan fingerprint density at radius 3 is 1.37 bits per heavy atom. The molecule has 34 nitrogen and oxygen atoms in total. The van der Waals surface area contributed by atoms with Crippen molar-refractivity contribution < 1.29 is 111 Å². The Bertz CT molecular complexity index is 5200. The summed E-state index contributed by atoms with van der Waals surface area (Å²) in [6, 6.07) is 13.4. The van der Waals surface area contributed by atoms with Crippen molar-refractivity contribution in [2.75, 3.05) is 12.8 Å². The van der Waals surface area contributed by atoms with Gasteiger partial charge in [-0.05, 0) is 84.2 Å². The molecule has 0 amide bonds. The van der Waals surface area contributed by atoms with E-state index in [0.717, 1.165) is 61.7 Å². The molecule has 0 bridgehead atoms. The predicted octanol–water partition coefficient (Wildman–Crippen LogP) is 8.24. The van der Waals surface area contributed by atoms with Crippen molar-refractivity contribution in [3.05, 3.63) is 97.1 Å². The van der Waals surface area contributed by atoms with Crippen molar-refractivity contribution in [1.82, 2.24) is 0 Å². The van der Waals surface area contributed by atoms with Gasteiger partial charge in [-0.3, -0.25) is 31.9 Å². The van der Waals surface area contributed by atoms with E-state index in [-0.39, 0.29) is 16.5 Å². The van der Waals surface area contributed by atoms with Gasteiger partial charge < -0.3 is 25.8 Å². The molecule has 0 fully saturated rings. The van der Waals surface area contributed by atoms with Gasteiger partial charge >= 0.3 is 0 Å². The van der Waals surface area contributed by atoms with Gasteiger partial charge in [0.05, 0.1) is 23.9 Å². The molecule has 0 saturated carbocycles. The summed E-state index contributed by atoms with van der Waals surface area (Å²) in [4.78, 5) is -8.52. The number of aromatic hydroxyl groups is 3. The molecule has 0 radical (unpaired) electrons. The van der Waals surface area contributed by atoms with Crippen LogP contribution in [0.15, 0.2) is 172 Å². The van der Waals surface area contributed by atoms with Gasteiger partial charge in [-0.15, -0.1) is 35.8 Å². The van der Waals surface area contributed by atoms with Crippen LogP contribution in [0.4, 0.5) is 51.2 Å². The second-order valence-corrected chi connectivity index (χ2v) is 26.5. The molecule has 0 heterocycles. The standard InChI is InChI=1S/C43H31N9O25S7/c1-77-20-7-10-26(31(14-20)80(62,63)64)47-52-38-33(82(68,69)70)15-23-22(41(38)54)9-11-27(43(23)84(74,75)76)48-49-28-17-30(79(59,60)61)24-16-34(83(71,72)73)39(42(55)35(24)36(28)44)50-45-19-6-8-21-18(12-19)13-32(81(65,66)67)37(40(21)53)51-46-25-4-2-3-5-29(25)78(56,57)58/h2-17,53-55H,44H2,1H3,(H,56,57,58)(H,59,60,61)(H,62,63,64)(H,65,66,67)(H,68,69,70)(H,71,72,73)(H,74,75,76). The highest BCUT2D eigenvalue weighted by Crippen LogP contribution is 2.51. The second-order valence-electron chi connectivity index (χ2n) is 16.8. The summed E-state index contributed by atoms with van der Waals surface area (Å²) in [6.45, 7) is 0. The number of nitrogen functional groups attached to an aromatic ring is 1. The molecule has 440 valence electrons. The smallest absolute Gasteiger partial charge is 0.297 e. The number of hydrogen-bond acceptors (Lipinski definition) is 27. The largest absolute Gasteiger partial charge is 0.505 e. The monoisotopic (exact) mass is 1300 g/mol. The number of phenols is 3. The summed E-state index contributed by atoms with van der Waals surface area (Å²) < 4.78 is 252. The third-order valence-corrected chi connectivity index (χ3v) is 17.7. The summed E-state index contributed by atoms with van der Waals surface area (Å²) >= 11 is 0. The molecule has 0 aliphatic carbocycles. The lowest BCUT2D eigenvalue weighted by atomic mass is 10.0. The Morgan fingerprint density at radius 2 is 0.821 bits per heavy atom. The van der Waals surface area contributed by atoms with Gasteiger partial charge in [0, 0.05) is 27.6 Å². The van der Waals surface area contributed by atoms with Gasteiger partial charge in [-0.1, -0.05) is 12.1 Å². The quantitative estimate of drug-likeness (QED) is 0.0246. The maximum absolute atomic E-state index is 13.1. The molecule has 0 saturated heterocycles. The topological polar surface area (TPSA) is 575 Å². The highest BCUT2D eigenvalue weighted by atomic mass is 32.2. The molecule has 8 aromatic rings. The lowest BCUT2D eigenvalue weighted by molar-refractivity contribution is 0.412. The number of ether oxygens (including phenoxy) is 1. The third-order valence-electron chi connectivity index (χ3n) is 11.5. The summed E-state index contributed by atoms with van der Waals surface area (Å²) in [5, 5.41) is 59.0. The lowest BCUT2D eigenvalue weighted by Gasteiger charge is -2.15. The second kappa shape index (κ2) is 21.5. The molecular formula is C43H31N9O25S7. The number of azo groups is 4. The van der Waals surface area contributed by atoms with Crippen molar-refractivity contribution in [3.8, 4) is 23.0 Å². The first kappa shape index (κ1) is 61.4. The average molecular weight is 1300 g/mol. The van der Waals surface area contributed by atoms with E-state index in [1.54, 1.807) is 0 Å². The molecular weight excluding hydrogens is 1270 g/mol. The zero-order chi connectivity index (χ0) is 62.2. The minimum Gasteiger partial charge on any atom is -0.505 e. The molecule has 0 unspecified atom stereocenters. The van der Waals surface area contributed by atoms with E-state index in [4.69, 9.17) is 10.5 Å². The van der Waals surface area contributed by atoms with Crippen molar-refractivity contribution >= 4 is 154 Å². The van der Waals surface area contributed by atoms with Crippen LogP contribution in [0.1, 0.15) is 0 Å². The van der Waals surface area contributed by atoms with Crippen molar-refractivity contribution in [2.24, 2.45) is 40.9 Å². The number of anilines is 1. The maximum atomic E-state index is 13.1. The predicted molar refractivity (Wildman–Crippen MR) is 286 cm³/mol. The minimum absolute atomic E-state index is 0.120. The van der Waals surface area contributed by atoms with Crippen molar-refractivity contribution in [1.29, 1.82) is 0 Å². The van der Waals surface area contributed by atoms with Crippen LogP contribution < -0.4 is 10.5 Å². The molecule has 0 aliphatic heterocycles. The number of rotatable bonds is 16. The number of methoxy groups -OCH3 is 1. The number of hydrogen-bond donors (Lipinski definition) is 11. The van der Waals surface area contributed by atoms with Crippen LogP contribution in [-0.2, 0) is 70.8 Å². The molecule has 0 aliphatic rings. The lowest BCUT2D eigenvalue weighted by Crippen LogP contribution is -2.04. The van der Waals surface area contributed by atoms with Gasteiger partial charge in [0.25, 0.3) is 70.8 Å². The molecule has 8 aromatic carbocycles. The first-order valence-electron chi connectivity index (χ1n) is 21.7. The maximum Gasteiger partial charge on any atom is 0.297 e. The first-order chi connectivity index (χ1) is 38.7. The zero-order valence-electron chi connectivity index (χ0n) is 40.8. The molecule has 12 N–H and O–H groups in total. The van der Waals surface area contributed by atoms with E-state index in [9.17, 15) is 106 Å². The Balaban J connectivity index is 1.27. The molecule has 0 atom stereocenters. The number of nitrogens with zero attached hydrogens (tertiary/aromatic N) is 8. The van der Waals surface area contributed by atoms with E-state index < -0.39 is 195 Å². The molecule has 0 spiro atoms. The summed E-state index contributed by atoms with van der Waals surface area (Å²) in [5.41, 5.74) is -1.62. The van der Waals surface area contributed by atoms with E-state index in [0.29, 0.717) is 30.3 Å². The van der Waals surface area contributed by atoms with Crippen LogP contribution in [-0.4, -0.2) is 113 Å². The van der Waals surface area contributed by atoms with Crippen molar-refractivity contribution in [2.45, 2.75) is 34.3 Å². The van der Waals surface area contributed by atoms with Crippen LogP contribution in [0.5, 0.6) is 23.0 Å². The molecule has 0 aromatic heterocycles. The van der Waals surface area contributed by atoms with Gasteiger partial charge in [0.15, 0.2) is 17.2 Å². The van der Waals surface area contributed by atoms with Gasteiger partial charge in [0.2, 0.25) is 0 Å². The van der Waals surface area contributed by atoms with E-state index in [1.165, 1.54) is 12.1 Å². The van der Waals surface area contributed by atoms with Crippen LogP contribution in [0.25, 0.3) is 32.3 Å². The Labute approximate surface area is 470 Å². The third kappa shape index (κ3) is 12.2. The average Bonchev–Trinajstić information content (AvgIpc) is 3.54. The van der Waals surface area contributed by atoms with Crippen LogP contribution in [0.3, 0.4) is 0 Å². The molecule has 8 rings (SSSR count). The zero-order valence-corrected chi connectivity index (χ0v) is 46.6. The fourth-order valence-corrected chi connectivity index (χ4v) is 12.6. The molecule has 84 heavy (non-hydrogen) atoms. The minimum atomic E-state index is -5.71. The van der Waals surface area contributed by atoms with Crippen LogP contribution in [0.2, 0.25) is 0 Å². The highest BCUT2D eigenvalue weighted by molar-refractivity contribution is 7.87. The number of benzene rings is 8. The Hall–Kier alpha value is -8.69. The molecule has 41 heteroatoms. The number of fused-ring (bicyclic) bond motifs is 3. The van der Waals surface area contributed by atoms with E-state index in [2.05, 4.69) is 40.9 Å². The Kier molecular flexibility index (Phi) is 15.7. The fourth-order valence-electron chi connectivity index (χ4n) is 7.91. The van der Waals surface area contributed by atoms with Gasteiger partial charge in [-0.2, -0.15) is 64.0 Å². The number of phenolic OH excluding ortho intramolecular Hbond substituents is 3. The normalized spacial score (nSPS) is 13.4. The van der Waals surface area contributed by atoms with Crippen molar-refractivity contribution in [3.63, 3.8) is 0 Å².